The SMILES string of the molecule is C=C(c1c(F)c(F)c(F)c(F)c1S)C(F)(F)F. The van der Waals surface area contributed by atoms with Crippen LogP contribution in [0.3, 0.4) is 0 Å². The van der Waals surface area contributed by atoms with Crippen LogP contribution in [0.2, 0.25) is 0 Å². The molecule has 0 N–H and O–H groups in total. The summed E-state index contributed by atoms with van der Waals surface area (Å²) in [5, 5.41) is 0. The van der Waals surface area contributed by atoms with Crippen molar-refractivity contribution in [1.29, 1.82) is 0 Å². The second kappa shape index (κ2) is 4.25. The Hall–Kier alpha value is -1.18. The van der Waals surface area contributed by atoms with Crippen molar-refractivity contribution in [3.63, 3.8) is 0 Å². The summed E-state index contributed by atoms with van der Waals surface area (Å²) in [5.74, 6) is -8.77. The first-order valence-electron chi connectivity index (χ1n) is 3.90. The fourth-order valence-electron chi connectivity index (χ4n) is 1.04. The van der Waals surface area contributed by atoms with E-state index >= 15 is 0 Å². The molecule has 0 nitrogen and oxygen atoms in total. The third kappa shape index (κ3) is 2.26. The summed E-state index contributed by atoms with van der Waals surface area (Å²) in [4.78, 5) is -1.29. The number of hydrogen-bond donors (Lipinski definition) is 1. The number of hydrogen-bond acceptors (Lipinski definition) is 1. The monoisotopic (exact) mass is 276 g/mol. The Morgan fingerprint density at radius 1 is 0.882 bits per heavy atom. The minimum absolute atomic E-state index is 1.29. The molecule has 0 amide bonds. The van der Waals surface area contributed by atoms with Crippen LogP contribution >= 0.6 is 12.6 Å². The maximum Gasteiger partial charge on any atom is 0.416 e. The fourth-order valence-corrected chi connectivity index (χ4v) is 1.37. The van der Waals surface area contributed by atoms with Gasteiger partial charge in [-0.15, -0.1) is 12.6 Å². The van der Waals surface area contributed by atoms with Crippen molar-refractivity contribution in [3.8, 4) is 0 Å². The summed E-state index contributed by atoms with van der Waals surface area (Å²) in [6.07, 6.45) is -5.12. The molecule has 0 fully saturated rings. The first kappa shape index (κ1) is 13.9. The molecule has 0 saturated heterocycles. The second-order valence-electron chi connectivity index (χ2n) is 2.96. The van der Waals surface area contributed by atoms with Gasteiger partial charge in [0.15, 0.2) is 23.3 Å². The summed E-state index contributed by atoms with van der Waals surface area (Å²) in [7, 11) is 0. The van der Waals surface area contributed by atoms with E-state index < -0.39 is 45.5 Å². The lowest BCUT2D eigenvalue weighted by molar-refractivity contribution is -0.0690. The van der Waals surface area contributed by atoms with Crippen molar-refractivity contribution in [2.75, 3.05) is 0 Å². The largest absolute Gasteiger partial charge is 0.416 e. The Balaban J connectivity index is 3.62. The molecule has 1 aromatic carbocycles. The van der Waals surface area contributed by atoms with Gasteiger partial charge in [0.2, 0.25) is 0 Å². The van der Waals surface area contributed by atoms with Gasteiger partial charge >= 0.3 is 6.18 Å². The van der Waals surface area contributed by atoms with Crippen LogP contribution in [-0.2, 0) is 0 Å². The molecule has 0 aromatic heterocycles. The van der Waals surface area contributed by atoms with Gasteiger partial charge in [0.1, 0.15) is 0 Å². The Morgan fingerprint density at radius 2 is 1.29 bits per heavy atom. The lowest BCUT2D eigenvalue weighted by atomic mass is 10.1. The van der Waals surface area contributed by atoms with Gasteiger partial charge in [0.05, 0.1) is 10.5 Å². The molecule has 0 atom stereocenters. The predicted octanol–water partition coefficient (Wildman–Crippen LogP) is 4.11. The van der Waals surface area contributed by atoms with Crippen LogP contribution in [-0.4, -0.2) is 6.18 Å². The summed E-state index contributed by atoms with van der Waals surface area (Å²) in [5.41, 5.74) is -3.39. The highest BCUT2D eigenvalue weighted by Gasteiger charge is 2.38. The van der Waals surface area contributed by atoms with E-state index in [0.717, 1.165) is 0 Å². The molecule has 0 unspecified atom stereocenters. The quantitative estimate of drug-likeness (QED) is 0.339. The molecule has 0 spiro atoms. The number of benzene rings is 1. The topological polar surface area (TPSA) is 0 Å². The predicted molar refractivity (Wildman–Crippen MR) is 48.6 cm³/mol. The second-order valence-corrected chi connectivity index (χ2v) is 3.40. The number of alkyl halides is 3. The zero-order chi connectivity index (χ0) is 13.5. The van der Waals surface area contributed by atoms with Gasteiger partial charge in [-0.1, -0.05) is 6.58 Å². The summed E-state index contributed by atoms with van der Waals surface area (Å²) >= 11 is 3.19. The molecular formula is C9H3F7S. The Labute approximate surface area is 96.2 Å². The average molecular weight is 276 g/mol. The van der Waals surface area contributed by atoms with Crippen molar-refractivity contribution >= 4 is 18.2 Å². The van der Waals surface area contributed by atoms with Gasteiger partial charge in [-0.05, 0) is 0 Å². The van der Waals surface area contributed by atoms with E-state index in [2.05, 4.69) is 19.2 Å². The van der Waals surface area contributed by atoms with Crippen molar-refractivity contribution in [3.05, 3.63) is 35.4 Å². The number of allylic oxidation sites excluding steroid dienone is 1. The van der Waals surface area contributed by atoms with Crippen LogP contribution in [0.5, 0.6) is 0 Å². The standard InChI is InChI=1S/C9H3F7S/c1-2(9(14,15)16)3-4(10)5(11)6(12)7(13)8(3)17/h17H,1H2. The van der Waals surface area contributed by atoms with Crippen LogP contribution in [0.15, 0.2) is 11.5 Å². The van der Waals surface area contributed by atoms with Gasteiger partial charge in [0, 0.05) is 5.56 Å². The van der Waals surface area contributed by atoms with E-state index in [4.69, 9.17) is 0 Å². The van der Waals surface area contributed by atoms with Crippen molar-refractivity contribution < 1.29 is 30.7 Å². The van der Waals surface area contributed by atoms with Gasteiger partial charge in [-0.25, -0.2) is 17.6 Å². The Kier molecular flexibility index (Phi) is 3.47. The van der Waals surface area contributed by atoms with Crippen molar-refractivity contribution in [2.45, 2.75) is 11.1 Å². The van der Waals surface area contributed by atoms with E-state index in [1.807, 2.05) is 0 Å². The first-order valence-corrected chi connectivity index (χ1v) is 4.35. The molecule has 1 aromatic rings. The molecule has 0 saturated carbocycles. The van der Waals surface area contributed by atoms with Crippen LogP contribution in [0.25, 0.3) is 5.57 Å². The van der Waals surface area contributed by atoms with Crippen LogP contribution in [0, 0.1) is 23.3 Å². The highest BCUT2D eigenvalue weighted by Crippen LogP contribution is 2.39. The zero-order valence-corrected chi connectivity index (χ0v) is 8.69. The number of thiol groups is 1. The van der Waals surface area contributed by atoms with Crippen LogP contribution in [0.4, 0.5) is 30.7 Å². The van der Waals surface area contributed by atoms with E-state index in [1.165, 1.54) is 0 Å². The zero-order valence-electron chi connectivity index (χ0n) is 7.80. The fraction of sp³-hybridized carbons (Fsp3) is 0.111. The molecule has 0 heterocycles. The minimum atomic E-state index is -5.12. The molecule has 0 bridgehead atoms. The molecule has 0 aliphatic heterocycles. The minimum Gasteiger partial charge on any atom is -0.203 e. The molecular weight excluding hydrogens is 273 g/mol. The van der Waals surface area contributed by atoms with Gasteiger partial charge in [-0.2, -0.15) is 13.2 Å². The van der Waals surface area contributed by atoms with E-state index in [0.29, 0.717) is 0 Å². The van der Waals surface area contributed by atoms with Crippen LogP contribution in [0.1, 0.15) is 5.56 Å². The molecule has 0 aliphatic carbocycles. The highest BCUT2D eigenvalue weighted by atomic mass is 32.1. The van der Waals surface area contributed by atoms with Crippen molar-refractivity contribution in [2.24, 2.45) is 0 Å². The highest BCUT2D eigenvalue weighted by molar-refractivity contribution is 7.80. The summed E-state index contributed by atoms with van der Waals surface area (Å²) in [6, 6.07) is 0. The Morgan fingerprint density at radius 3 is 1.71 bits per heavy atom. The molecule has 17 heavy (non-hydrogen) atoms. The maximum absolute atomic E-state index is 13.1. The molecule has 0 radical (unpaired) electrons. The number of halogens is 7. The lowest BCUT2D eigenvalue weighted by Gasteiger charge is -2.14. The summed E-state index contributed by atoms with van der Waals surface area (Å²) in [6.45, 7) is 2.46. The first-order chi connectivity index (χ1) is 7.59. The lowest BCUT2D eigenvalue weighted by Crippen LogP contribution is -2.14. The molecule has 94 valence electrons. The Bertz CT molecular complexity index is 460. The van der Waals surface area contributed by atoms with Crippen molar-refractivity contribution in [1.82, 2.24) is 0 Å². The maximum atomic E-state index is 13.1. The van der Waals surface area contributed by atoms with E-state index in [9.17, 15) is 30.7 Å². The van der Waals surface area contributed by atoms with Gasteiger partial charge < -0.3 is 0 Å². The molecule has 0 aliphatic rings. The third-order valence-corrected chi connectivity index (χ3v) is 2.31. The normalized spacial score (nSPS) is 11.8. The smallest absolute Gasteiger partial charge is 0.203 e. The number of rotatable bonds is 1. The third-order valence-electron chi connectivity index (χ3n) is 1.89. The van der Waals surface area contributed by atoms with E-state index in [1.54, 1.807) is 0 Å². The molecule has 8 heteroatoms. The van der Waals surface area contributed by atoms with Crippen LogP contribution < -0.4 is 0 Å². The van der Waals surface area contributed by atoms with Gasteiger partial charge in [-0.3, -0.25) is 0 Å². The summed E-state index contributed by atoms with van der Waals surface area (Å²) < 4.78 is 88.1. The van der Waals surface area contributed by atoms with Gasteiger partial charge in [0.25, 0.3) is 0 Å². The van der Waals surface area contributed by atoms with E-state index in [-0.39, 0.29) is 0 Å². The molecule has 1 rings (SSSR count). The average Bonchev–Trinajstić information content (AvgIpc) is 2.22.